The standard InChI is InChI=1S/C17H21NO6S/c1-10(8-13-6-5-7-14(9-13)23-4)18-25(21,22)16-12(3)24-11(2)15(16)17(19)20/h5-7,9-10,18H,8H2,1-4H3,(H,19,20). The Kier molecular flexibility index (Phi) is 5.54. The van der Waals surface area contributed by atoms with Gasteiger partial charge < -0.3 is 14.3 Å². The molecule has 7 nitrogen and oxygen atoms in total. The minimum atomic E-state index is -4.04. The van der Waals surface area contributed by atoms with Gasteiger partial charge in [-0.25, -0.2) is 17.9 Å². The van der Waals surface area contributed by atoms with E-state index in [4.69, 9.17) is 9.15 Å². The van der Waals surface area contributed by atoms with Crippen molar-refractivity contribution in [2.24, 2.45) is 0 Å². The first-order valence-electron chi connectivity index (χ1n) is 7.64. The van der Waals surface area contributed by atoms with Gasteiger partial charge in [0.15, 0.2) is 0 Å². The minimum absolute atomic E-state index is 0.0518. The van der Waals surface area contributed by atoms with E-state index in [1.54, 1.807) is 20.1 Å². The number of carboxylic acid groups (broad SMARTS) is 1. The van der Waals surface area contributed by atoms with E-state index in [1.807, 2.05) is 18.2 Å². The van der Waals surface area contributed by atoms with Crippen LogP contribution >= 0.6 is 0 Å². The molecule has 0 aliphatic carbocycles. The Morgan fingerprint density at radius 3 is 2.60 bits per heavy atom. The lowest BCUT2D eigenvalue weighted by molar-refractivity contribution is 0.0691. The van der Waals surface area contributed by atoms with Gasteiger partial charge in [0, 0.05) is 6.04 Å². The number of carbonyl (C=O) groups is 1. The van der Waals surface area contributed by atoms with Crippen LogP contribution in [-0.4, -0.2) is 32.6 Å². The van der Waals surface area contributed by atoms with Crippen molar-refractivity contribution in [3.8, 4) is 5.75 Å². The predicted octanol–water partition coefficient (Wildman–Crippen LogP) is 2.51. The molecular weight excluding hydrogens is 346 g/mol. The zero-order chi connectivity index (χ0) is 18.8. The zero-order valence-corrected chi connectivity index (χ0v) is 15.3. The molecule has 0 amide bonds. The summed E-state index contributed by atoms with van der Waals surface area (Å²) < 4.78 is 38.2. The zero-order valence-electron chi connectivity index (χ0n) is 14.5. The first-order chi connectivity index (χ1) is 11.7. The number of hydrogen-bond acceptors (Lipinski definition) is 5. The molecule has 1 aromatic heterocycles. The highest BCUT2D eigenvalue weighted by Gasteiger charge is 2.31. The van der Waals surface area contributed by atoms with Crippen molar-refractivity contribution in [2.75, 3.05) is 7.11 Å². The molecule has 25 heavy (non-hydrogen) atoms. The van der Waals surface area contributed by atoms with Crippen LogP contribution < -0.4 is 9.46 Å². The third-order valence-corrected chi connectivity index (χ3v) is 5.46. The van der Waals surface area contributed by atoms with Crippen molar-refractivity contribution in [1.82, 2.24) is 4.72 Å². The summed E-state index contributed by atoms with van der Waals surface area (Å²) in [6, 6.07) is 6.86. The maximum absolute atomic E-state index is 12.7. The molecule has 2 N–H and O–H groups in total. The average molecular weight is 367 g/mol. The monoisotopic (exact) mass is 367 g/mol. The number of carboxylic acids is 1. The maximum Gasteiger partial charge on any atom is 0.340 e. The highest BCUT2D eigenvalue weighted by molar-refractivity contribution is 7.89. The first-order valence-corrected chi connectivity index (χ1v) is 9.12. The molecule has 1 aromatic carbocycles. The molecule has 1 unspecified atom stereocenters. The van der Waals surface area contributed by atoms with Crippen molar-refractivity contribution in [2.45, 2.75) is 38.1 Å². The van der Waals surface area contributed by atoms with Crippen LogP contribution in [0.25, 0.3) is 0 Å². The lowest BCUT2D eigenvalue weighted by Crippen LogP contribution is -2.35. The van der Waals surface area contributed by atoms with Gasteiger partial charge in [0.05, 0.1) is 7.11 Å². The van der Waals surface area contributed by atoms with E-state index >= 15 is 0 Å². The number of ether oxygens (including phenoxy) is 1. The normalized spacial score (nSPS) is 12.8. The number of furan rings is 1. The van der Waals surface area contributed by atoms with Gasteiger partial charge in [-0.3, -0.25) is 0 Å². The van der Waals surface area contributed by atoms with Gasteiger partial charge in [-0.15, -0.1) is 0 Å². The van der Waals surface area contributed by atoms with Crippen LogP contribution in [0.5, 0.6) is 5.75 Å². The van der Waals surface area contributed by atoms with Gasteiger partial charge in [-0.05, 0) is 44.9 Å². The summed E-state index contributed by atoms with van der Waals surface area (Å²) >= 11 is 0. The number of methoxy groups -OCH3 is 1. The number of sulfonamides is 1. The molecule has 0 spiro atoms. The summed E-state index contributed by atoms with van der Waals surface area (Å²) in [4.78, 5) is 11.1. The van der Waals surface area contributed by atoms with Crippen LogP contribution in [0, 0.1) is 13.8 Å². The fourth-order valence-corrected chi connectivity index (χ4v) is 4.40. The van der Waals surface area contributed by atoms with E-state index in [0.717, 1.165) is 5.56 Å². The van der Waals surface area contributed by atoms with E-state index < -0.39 is 22.0 Å². The summed E-state index contributed by atoms with van der Waals surface area (Å²) in [6.45, 7) is 4.57. The lowest BCUT2D eigenvalue weighted by atomic mass is 10.1. The molecule has 0 bridgehead atoms. The number of nitrogens with one attached hydrogen (secondary N) is 1. The fraction of sp³-hybridized carbons (Fsp3) is 0.353. The van der Waals surface area contributed by atoms with Crippen molar-refractivity contribution in [3.05, 3.63) is 46.9 Å². The van der Waals surface area contributed by atoms with Gasteiger partial charge in [0.1, 0.15) is 27.7 Å². The average Bonchev–Trinajstić information content (AvgIpc) is 2.82. The predicted molar refractivity (Wildman–Crippen MR) is 91.6 cm³/mol. The summed E-state index contributed by atoms with van der Waals surface area (Å²) in [5, 5.41) is 9.28. The Hall–Kier alpha value is -2.32. The summed E-state index contributed by atoms with van der Waals surface area (Å²) in [5.41, 5.74) is 0.562. The quantitative estimate of drug-likeness (QED) is 0.779. The van der Waals surface area contributed by atoms with Gasteiger partial charge in [-0.1, -0.05) is 12.1 Å². The Morgan fingerprint density at radius 1 is 1.32 bits per heavy atom. The molecule has 1 heterocycles. The number of hydrogen-bond donors (Lipinski definition) is 2. The Balaban J connectivity index is 2.25. The van der Waals surface area contributed by atoms with Crippen LogP contribution in [0.3, 0.4) is 0 Å². The fourth-order valence-electron chi connectivity index (χ4n) is 2.75. The van der Waals surface area contributed by atoms with Crippen LogP contribution in [0.2, 0.25) is 0 Å². The smallest absolute Gasteiger partial charge is 0.340 e. The second-order valence-electron chi connectivity index (χ2n) is 5.80. The molecule has 0 fully saturated rings. The third kappa shape index (κ3) is 4.21. The minimum Gasteiger partial charge on any atom is -0.497 e. The molecule has 0 aliphatic rings. The van der Waals surface area contributed by atoms with E-state index in [0.29, 0.717) is 12.2 Å². The summed E-state index contributed by atoms with van der Waals surface area (Å²) in [5.74, 6) is -0.543. The van der Waals surface area contributed by atoms with Crippen molar-refractivity contribution < 1.29 is 27.5 Å². The summed E-state index contributed by atoms with van der Waals surface area (Å²) in [7, 11) is -2.48. The molecule has 8 heteroatoms. The number of benzene rings is 1. The number of rotatable bonds is 7. The van der Waals surface area contributed by atoms with Crippen LogP contribution in [0.15, 0.2) is 33.6 Å². The van der Waals surface area contributed by atoms with E-state index in [-0.39, 0.29) is 22.0 Å². The van der Waals surface area contributed by atoms with Gasteiger partial charge in [0.2, 0.25) is 10.0 Å². The molecule has 2 rings (SSSR count). The second-order valence-corrected chi connectivity index (χ2v) is 7.45. The highest BCUT2D eigenvalue weighted by Crippen LogP contribution is 2.27. The maximum atomic E-state index is 12.7. The largest absolute Gasteiger partial charge is 0.497 e. The summed E-state index contributed by atoms with van der Waals surface area (Å²) in [6.07, 6.45) is 0.425. The Morgan fingerprint density at radius 2 is 2.00 bits per heavy atom. The molecular formula is C17H21NO6S. The SMILES string of the molecule is COc1cccc(CC(C)NS(=O)(=O)c2c(C)oc(C)c2C(=O)O)c1. The van der Waals surface area contributed by atoms with Crippen molar-refractivity contribution >= 4 is 16.0 Å². The first kappa shape index (κ1) is 19.0. The van der Waals surface area contributed by atoms with E-state index in [1.165, 1.54) is 13.8 Å². The molecule has 0 saturated heterocycles. The lowest BCUT2D eigenvalue weighted by Gasteiger charge is -2.15. The van der Waals surface area contributed by atoms with Gasteiger partial charge in [-0.2, -0.15) is 0 Å². The van der Waals surface area contributed by atoms with Crippen LogP contribution in [0.1, 0.15) is 34.4 Å². The van der Waals surface area contributed by atoms with Gasteiger partial charge >= 0.3 is 5.97 Å². The van der Waals surface area contributed by atoms with E-state index in [2.05, 4.69) is 4.72 Å². The molecule has 1 atom stereocenters. The van der Waals surface area contributed by atoms with Crippen molar-refractivity contribution in [1.29, 1.82) is 0 Å². The third-order valence-electron chi connectivity index (χ3n) is 3.72. The van der Waals surface area contributed by atoms with Gasteiger partial charge in [0.25, 0.3) is 0 Å². The molecule has 2 aromatic rings. The molecule has 0 aliphatic heterocycles. The number of aryl methyl sites for hydroxylation is 2. The van der Waals surface area contributed by atoms with Crippen LogP contribution in [0.4, 0.5) is 0 Å². The van der Waals surface area contributed by atoms with E-state index in [9.17, 15) is 18.3 Å². The van der Waals surface area contributed by atoms with Crippen LogP contribution in [-0.2, 0) is 16.4 Å². The highest BCUT2D eigenvalue weighted by atomic mass is 32.2. The molecule has 136 valence electrons. The number of aromatic carboxylic acids is 1. The topological polar surface area (TPSA) is 106 Å². The Bertz CT molecular complexity index is 885. The second kappa shape index (κ2) is 7.28. The Labute approximate surface area is 146 Å². The molecule has 0 radical (unpaired) electrons. The molecule has 0 saturated carbocycles. The van der Waals surface area contributed by atoms with Crippen molar-refractivity contribution in [3.63, 3.8) is 0 Å².